The fraction of sp³-hybridized carbons (Fsp3) is 0.769. The van der Waals surface area contributed by atoms with E-state index in [0.29, 0.717) is 18.6 Å². The summed E-state index contributed by atoms with van der Waals surface area (Å²) in [7, 11) is 0. The molecule has 164 valence electrons. The van der Waals surface area contributed by atoms with Crippen LogP contribution < -0.4 is 9.47 Å². The summed E-state index contributed by atoms with van der Waals surface area (Å²) in [5.74, 6) is 4.76. The normalized spacial score (nSPS) is 38.6. The Labute approximate surface area is 180 Å². The summed E-state index contributed by atoms with van der Waals surface area (Å²) in [6, 6.07) is 4.68. The molecule has 2 heterocycles. The van der Waals surface area contributed by atoms with Gasteiger partial charge in [-0.2, -0.15) is 0 Å². The maximum atomic E-state index is 6.45. The van der Waals surface area contributed by atoms with Crippen LogP contribution in [0.3, 0.4) is 0 Å². The largest absolute Gasteiger partial charge is 0.490 e. The highest BCUT2D eigenvalue weighted by Crippen LogP contribution is 2.62. The van der Waals surface area contributed by atoms with Gasteiger partial charge in [-0.3, -0.25) is 0 Å². The van der Waals surface area contributed by atoms with Gasteiger partial charge in [0.2, 0.25) is 0 Å². The molecule has 0 radical (unpaired) electrons. The second-order valence-electron chi connectivity index (χ2n) is 11.8. The zero-order chi connectivity index (χ0) is 20.5. The Morgan fingerprint density at radius 3 is 1.80 bits per heavy atom. The summed E-state index contributed by atoms with van der Waals surface area (Å²) in [6.07, 6.45) is 8.92. The lowest BCUT2D eigenvalue weighted by Gasteiger charge is -2.57. The van der Waals surface area contributed by atoms with Gasteiger partial charge in [0.25, 0.3) is 0 Å². The molecule has 2 saturated heterocycles. The number of rotatable bonds is 7. The summed E-state index contributed by atoms with van der Waals surface area (Å²) in [5.41, 5.74) is 3.09. The fourth-order valence-electron chi connectivity index (χ4n) is 6.94. The molecule has 4 bridgehead atoms. The first kappa shape index (κ1) is 19.4. The summed E-state index contributed by atoms with van der Waals surface area (Å²) in [4.78, 5) is 0. The van der Waals surface area contributed by atoms with Crippen LogP contribution in [0.2, 0.25) is 0 Å². The number of hydrogen-bond donors (Lipinski definition) is 0. The molecule has 4 nitrogen and oxygen atoms in total. The van der Waals surface area contributed by atoms with E-state index in [0.717, 1.165) is 42.5 Å². The van der Waals surface area contributed by atoms with Crippen molar-refractivity contribution in [3.63, 3.8) is 0 Å². The minimum Gasteiger partial charge on any atom is -0.490 e. The van der Waals surface area contributed by atoms with Gasteiger partial charge < -0.3 is 18.9 Å². The predicted molar refractivity (Wildman–Crippen MR) is 115 cm³/mol. The van der Waals surface area contributed by atoms with Crippen LogP contribution in [-0.4, -0.2) is 38.6 Å². The van der Waals surface area contributed by atoms with Crippen LogP contribution in [0.15, 0.2) is 12.1 Å². The minimum absolute atomic E-state index is 0.0227. The van der Waals surface area contributed by atoms with Crippen molar-refractivity contribution in [2.75, 3.05) is 26.4 Å². The average Bonchev–Trinajstić information content (AvgIpc) is 3.58. The first-order chi connectivity index (χ1) is 14.4. The molecule has 0 aromatic heterocycles. The highest BCUT2D eigenvalue weighted by atomic mass is 16.6. The van der Waals surface area contributed by atoms with Gasteiger partial charge in [-0.25, -0.2) is 0 Å². The van der Waals surface area contributed by atoms with Gasteiger partial charge in [-0.1, -0.05) is 20.8 Å². The first-order valence-electron chi connectivity index (χ1n) is 12.1. The number of hydrogen-bond acceptors (Lipinski definition) is 4. The molecule has 2 unspecified atom stereocenters. The van der Waals surface area contributed by atoms with Gasteiger partial charge in [-0.05, 0) is 73.2 Å². The number of ether oxygens (including phenoxy) is 4. The first-order valence-corrected chi connectivity index (χ1v) is 12.1. The van der Waals surface area contributed by atoms with Crippen molar-refractivity contribution in [3.05, 3.63) is 23.3 Å². The van der Waals surface area contributed by atoms with E-state index < -0.39 is 0 Å². The Balaban J connectivity index is 1.41. The van der Waals surface area contributed by atoms with Crippen molar-refractivity contribution in [1.29, 1.82) is 0 Å². The molecule has 0 amide bonds. The van der Waals surface area contributed by atoms with Crippen molar-refractivity contribution in [1.82, 2.24) is 0 Å². The maximum absolute atomic E-state index is 6.45. The van der Waals surface area contributed by atoms with Crippen LogP contribution in [0, 0.1) is 17.8 Å². The van der Waals surface area contributed by atoms with Crippen LogP contribution in [-0.2, 0) is 20.3 Å². The van der Waals surface area contributed by atoms with E-state index in [-0.39, 0.29) is 17.6 Å². The lowest BCUT2D eigenvalue weighted by Crippen LogP contribution is -2.48. The Kier molecular flexibility index (Phi) is 4.45. The van der Waals surface area contributed by atoms with Crippen molar-refractivity contribution in [3.8, 4) is 11.5 Å². The molecule has 1 aromatic rings. The Bertz CT molecular complexity index is 780. The standard InChI is InChI=1S/C26H36O4/c1-25(2,3)21-7-22(26-9-16-4-17(10-26)6-18(5-16)11-26)24(30-15-20-13-28-20)8-23(21)29-14-19-12-27-19/h7-8,16-20H,4-6,9-15H2,1-3H3. The quantitative estimate of drug-likeness (QED) is 0.591. The molecule has 4 heteroatoms. The monoisotopic (exact) mass is 412 g/mol. The van der Waals surface area contributed by atoms with E-state index >= 15 is 0 Å². The zero-order valence-corrected chi connectivity index (χ0v) is 18.7. The molecule has 30 heavy (non-hydrogen) atoms. The molecule has 2 aliphatic heterocycles. The van der Waals surface area contributed by atoms with Crippen molar-refractivity contribution in [2.24, 2.45) is 17.8 Å². The van der Waals surface area contributed by atoms with Crippen LogP contribution in [0.5, 0.6) is 11.5 Å². The maximum Gasteiger partial charge on any atom is 0.126 e. The lowest BCUT2D eigenvalue weighted by molar-refractivity contribution is -0.00654. The lowest BCUT2D eigenvalue weighted by atomic mass is 9.48. The molecular formula is C26H36O4. The van der Waals surface area contributed by atoms with Crippen LogP contribution in [0.25, 0.3) is 0 Å². The molecule has 1 aromatic carbocycles. The Hall–Kier alpha value is -1.26. The second-order valence-corrected chi connectivity index (χ2v) is 11.8. The molecule has 4 saturated carbocycles. The van der Waals surface area contributed by atoms with Crippen molar-refractivity contribution < 1.29 is 18.9 Å². The molecule has 0 spiro atoms. The summed E-state index contributed by atoms with van der Waals surface area (Å²) >= 11 is 0. The summed E-state index contributed by atoms with van der Waals surface area (Å²) in [5, 5.41) is 0. The third-order valence-electron chi connectivity index (χ3n) is 8.15. The molecule has 4 aliphatic carbocycles. The van der Waals surface area contributed by atoms with E-state index in [1.807, 2.05) is 0 Å². The van der Waals surface area contributed by atoms with Gasteiger partial charge in [-0.15, -0.1) is 0 Å². The van der Waals surface area contributed by atoms with E-state index in [4.69, 9.17) is 18.9 Å². The second kappa shape index (κ2) is 6.87. The summed E-state index contributed by atoms with van der Waals surface area (Å²) < 4.78 is 23.6. The molecule has 2 atom stereocenters. The predicted octanol–water partition coefficient (Wildman–Crippen LogP) is 5.01. The van der Waals surface area contributed by atoms with Crippen LogP contribution in [0.4, 0.5) is 0 Å². The van der Waals surface area contributed by atoms with Gasteiger partial charge in [0.15, 0.2) is 0 Å². The Morgan fingerprint density at radius 1 is 0.833 bits per heavy atom. The fourth-order valence-corrected chi connectivity index (χ4v) is 6.94. The topological polar surface area (TPSA) is 43.5 Å². The SMILES string of the molecule is CC(C)(C)c1cc(C23CC4CC(CC(C4)C2)C3)c(OCC2CO2)cc1OCC1CO1. The highest BCUT2D eigenvalue weighted by Gasteiger charge is 2.53. The molecule has 6 fully saturated rings. The number of epoxide rings is 2. The molecular weight excluding hydrogens is 376 g/mol. The smallest absolute Gasteiger partial charge is 0.126 e. The van der Waals surface area contributed by atoms with E-state index in [1.54, 1.807) is 0 Å². The van der Waals surface area contributed by atoms with Crippen LogP contribution >= 0.6 is 0 Å². The van der Waals surface area contributed by atoms with E-state index in [9.17, 15) is 0 Å². The van der Waals surface area contributed by atoms with E-state index in [1.165, 1.54) is 49.7 Å². The minimum atomic E-state index is 0.0227. The zero-order valence-electron chi connectivity index (χ0n) is 18.7. The molecule has 6 aliphatic rings. The average molecular weight is 413 g/mol. The highest BCUT2D eigenvalue weighted by molar-refractivity contribution is 5.53. The van der Waals surface area contributed by atoms with Crippen molar-refractivity contribution in [2.45, 2.75) is 82.3 Å². The molecule has 7 rings (SSSR count). The third kappa shape index (κ3) is 3.64. The van der Waals surface area contributed by atoms with Gasteiger partial charge >= 0.3 is 0 Å². The number of benzene rings is 1. The van der Waals surface area contributed by atoms with Crippen LogP contribution in [0.1, 0.15) is 70.4 Å². The van der Waals surface area contributed by atoms with Gasteiger partial charge in [0.05, 0.1) is 13.2 Å². The summed E-state index contributed by atoms with van der Waals surface area (Å²) in [6.45, 7) is 9.82. The van der Waals surface area contributed by atoms with E-state index in [2.05, 4.69) is 32.9 Å². The molecule has 0 N–H and O–H groups in total. The Morgan fingerprint density at radius 2 is 1.33 bits per heavy atom. The van der Waals surface area contributed by atoms with Crippen molar-refractivity contribution >= 4 is 0 Å². The van der Waals surface area contributed by atoms with Gasteiger partial charge in [0, 0.05) is 17.2 Å². The van der Waals surface area contributed by atoms with Gasteiger partial charge in [0.1, 0.15) is 36.9 Å². The third-order valence-corrected chi connectivity index (χ3v) is 8.15.